The van der Waals surface area contributed by atoms with Gasteiger partial charge in [-0.05, 0) is 29.8 Å². The van der Waals surface area contributed by atoms with Crippen LogP contribution in [-0.2, 0) is 4.79 Å². The van der Waals surface area contributed by atoms with Crippen molar-refractivity contribution in [3.05, 3.63) is 95.9 Å². The van der Waals surface area contributed by atoms with Gasteiger partial charge in [-0.25, -0.2) is 0 Å². The third-order valence-corrected chi connectivity index (χ3v) is 5.23. The Kier molecular flexibility index (Phi) is 4.09. The van der Waals surface area contributed by atoms with E-state index in [-0.39, 0.29) is 24.4 Å². The number of fused-ring (bicyclic) bond motifs is 2. The molecule has 0 saturated heterocycles. The average Bonchev–Trinajstić information content (AvgIpc) is 3.28. The van der Waals surface area contributed by atoms with Crippen molar-refractivity contribution in [1.29, 1.82) is 0 Å². The maximum atomic E-state index is 13.1. The van der Waals surface area contributed by atoms with Crippen molar-refractivity contribution < 1.29 is 9.59 Å². The van der Waals surface area contributed by atoms with Crippen molar-refractivity contribution in [2.24, 2.45) is 0 Å². The van der Waals surface area contributed by atoms with E-state index < -0.39 is 0 Å². The molecule has 2 aromatic carbocycles. The molecule has 0 fully saturated rings. The van der Waals surface area contributed by atoms with Crippen molar-refractivity contribution in [3.63, 3.8) is 0 Å². The minimum Gasteiger partial charge on any atom is -0.361 e. The second-order valence-corrected chi connectivity index (χ2v) is 7.00. The lowest BCUT2D eigenvalue weighted by molar-refractivity contribution is -0.117. The van der Waals surface area contributed by atoms with Crippen molar-refractivity contribution >= 4 is 28.4 Å². The molecule has 4 aromatic rings. The van der Waals surface area contributed by atoms with Crippen LogP contribution in [-0.4, -0.2) is 33.2 Å². The number of para-hydroxylation sites is 1. The summed E-state index contributed by atoms with van der Waals surface area (Å²) in [7, 11) is 0. The molecule has 1 aliphatic heterocycles. The summed E-state index contributed by atoms with van der Waals surface area (Å²) >= 11 is 0. The third-order valence-electron chi connectivity index (χ3n) is 5.23. The van der Waals surface area contributed by atoms with Gasteiger partial charge in [-0.1, -0.05) is 36.4 Å². The molecule has 3 heterocycles. The first-order valence-corrected chi connectivity index (χ1v) is 9.38. The van der Waals surface area contributed by atoms with Crippen molar-refractivity contribution in [1.82, 2.24) is 14.9 Å². The zero-order valence-electron chi connectivity index (χ0n) is 15.5. The second kappa shape index (κ2) is 6.91. The highest BCUT2D eigenvalue weighted by atomic mass is 16.2. The monoisotopic (exact) mass is 382 g/mol. The number of anilines is 1. The molecule has 5 rings (SSSR count). The van der Waals surface area contributed by atoms with Gasteiger partial charge in [-0.2, -0.15) is 0 Å². The van der Waals surface area contributed by atoms with Crippen LogP contribution in [0, 0.1) is 0 Å². The first kappa shape index (κ1) is 17.2. The Labute approximate surface area is 167 Å². The van der Waals surface area contributed by atoms with E-state index in [2.05, 4.69) is 15.3 Å². The number of amides is 2. The summed E-state index contributed by atoms with van der Waals surface area (Å²) < 4.78 is 0. The van der Waals surface area contributed by atoms with Crippen molar-refractivity contribution in [3.8, 4) is 0 Å². The molecule has 2 amide bonds. The molecule has 29 heavy (non-hydrogen) atoms. The Morgan fingerprint density at radius 1 is 1.03 bits per heavy atom. The Hall–Kier alpha value is -3.93. The van der Waals surface area contributed by atoms with Gasteiger partial charge in [0.2, 0.25) is 5.91 Å². The number of rotatable bonds is 4. The summed E-state index contributed by atoms with van der Waals surface area (Å²) in [5, 5.41) is 3.86. The minimum absolute atomic E-state index is 0.0490. The largest absolute Gasteiger partial charge is 0.361 e. The van der Waals surface area contributed by atoms with Crippen LogP contribution in [0.4, 0.5) is 5.69 Å². The van der Waals surface area contributed by atoms with E-state index in [0.717, 1.165) is 22.0 Å². The second-order valence-electron chi connectivity index (χ2n) is 7.00. The van der Waals surface area contributed by atoms with Crippen LogP contribution in [0.2, 0.25) is 0 Å². The molecular weight excluding hydrogens is 364 g/mol. The van der Waals surface area contributed by atoms with E-state index >= 15 is 0 Å². The van der Waals surface area contributed by atoms with E-state index in [1.54, 1.807) is 29.4 Å². The molecule has 142 valence electrons. The number of H-pyrrole nitrogens is 1. The molecule has 0 unspecified atom stereocenters. The SMILES string of the molecule is O=C(CN1C(=O)c2ccccc2[C@@H]1c1c[nH]c2ccccc12)Nc1cccnc1. The molecule has 1 atom stereocenters. The Morgan fingerprint density at radius 2 is 1.86 bits per heavy atom. The number of nitrogens with one attached hydrogen (secondary N) is 2. The highest BCUT2D eigenvalue weighted by molar-refractivity contribution is 6.04. The van der Waals surface area contributed by atoms with Gasteiger partial charge in [0.1, 0.15) is 6.54 Å². The fourth-order valence-corrected chi connectivity index (χ4v) is 3.98. The van der Waals surface area contributed by atoms with E-state index in [1.165, 1.54) is 0 Å². The quantitative estimate of drug-likeness (QED) is 0.564. The van der Waals surface area contributed by atoms with Gasteiger partial charge in [0, 0.05) is 34.4 Å². The van der Waals surface area contributed by atoms with Crippen molar-refractivity contribution in [2.75, 3.05) is 11.9 Å². The Morgan fingerprint density at radius 3 is 2.72 bits per heavy atom. The topological polar surface area (TPSA) is 78.1 Å². The van der Waals surface area contributed by atoms with Crippen LogP contribution in [0.15, 0.2) is 79.3 Å². The number of aromatic amines is 1. The number of hydrogen-bond donors (Lipinski definition) is 2. The minimum atomic E-state index is -0.325. The van der Waals surface area contributed by atoms with Gasteiger partial charge < -0.3 is 15.2 Å². The highest BCUT2D eigenvalue weighted by Crippen LogP contribution is 2.40. The predicted octanol–water partition coefficient (Wildman–Crippen LogP) is 3.75. The molecule has 2 aromatic heterocycles. The van der Waals surface area contributed by atoms with Gasteiger partial charge in [-0.15, -0.1) is 0 Å². The Bertz CT molecular complexity index is 1220. The molecule has 0 aliphatic carbocycles. The Balaban J connectivity index is 1.53. The van der Waals surface area contributed by atoms with Crippen LogP contribution < -0.4 is 5.32 Å². The fourth-order valence-electron chi connectivity index (χ4n) is 3.98. The number of hydrogen-bond acceptors (Lipinski definition) is 3. The molecule has 0 radical (unpaired) electrons. The number of carbonyl (C=O) groups is 2. The smallest absolute Gasteiger partial charge is 0.255 e. The third kappa shape index (κ3) is 2.95. The molecule has 1 aliphatic rings. The lowest BCUT2D eigenvalue weighted by Gasteiger charge is -2.25. The average molecular weight is 382 g/mol. The van der Waals surface area contributed by atoms with Gasteiger partial charge in [0.15, 0.2) is 0 Å². The van der Waals surface area contributed by atoms with Gasteiger partial charge in [0.25, 0.3) is 5.91 Å². The van der Waals surface area contributed by atoms with Crippen LogP contribution in [0.3, 0.4) is 0 Å². The summed E-state index contributed by atoms with van der Waals surface area (Å²) in [6.45, 7) is -0.0490. The van der Waals surface area contributed by atoms with Crippen molar-refractivity contribution in [2.45, 2.75) is 6.04 Å². The molecule has 2 N–H and O–H groups in total. The van der Waals surface area contributed by atoms with Crippen LogP contribution in [0.1, 0.15) is 27.5 Å². The first-order chi connectivity index (χ1) is 14.2. The normalized spacial score (nSPS) is 15.5. The molecule has 0 bridgehead atoms. The number of pyridine rings is 1. The maximum Gasteiger partial charge on any atom is 0.255 e. The van der Waals surface area contributed by atoms with Gasteiger partial charge >= 0.3 is 0 Å². The molecular formula is C23H18N4O2. The number of aromatic nitrogens is 2. The fraction of sp³-hybridized carbons (Fsp3) is 0.0870. The molecule has 6 heteroatoms. The maximum absolute atomic E-state index is 13.1. The first-order valence-electron chi connectivity index (χ1n) is 9.38. The van der Waals surface area contributed by atoms with E-state index in [1.807, 2.05) is 54.7 Å². The van der Waals surface area contributed by atoms with E-state index in [4.69, 9.17) is 0 Å². The molecule has 0 spiro atoms. The summed E-state index contributed by atoms with van der Waals surface area (Å²) in [6, 6.07) is 18.7. The number of benzene rings is 2. The van der Waals surface area contributed by atoms with Crippen LogP contribution in [0.25, 0.3) is 10.9 Å². The van der Waals surface area contributed by atoms with Gasteiger partial charge in [-0.3, -0.25) is 14.6 Å². The van der Waals surface area contributed by atoms with E-state index in [0.29, 0.717) is 11.3 Å². The lowest BCUT2D eigenvalue weighted by Crippen LogP contribution is -2.36. The summed E-state index contributed by atoms with van der Waals surface area (Å²) in [5.41, 5.74) is 4.13. The highest BCUT2D eigenvalue weighted by Gasteiger charge is 2.39. The van der Waals surface area contributed by atoms with Crippen LogP contribution in [0.5, 0.6) is 0 Å². The predicted molar refractivity (Wildman–Crippen MR) is 110 cm³/mol. The molecule has 6 nitrogen and oxygen atoms in total. The zero-order valence-corrected chi connectivity index (χ0v) is 15.5. The van der Waals surface area contributed by atoms with Gasteiger partial charge in [0.05, 0.1) is 17.9 Å². The van der Waals surface area contributed by atoms with Crippen LogP contribution >= 0.6 is 0 Å². The summed E-state index contributed by atoms with van der Waals surface area (Å²) in [4.78, 5) is 34.8. The lowest BCUT2D eigenvalue weighted by atomic mass is 9.97. The number of nitrogens with zero attached hydrogens (tertiary/aromatic N) is 2. The summed E-state index contributed by atoms with van der Waals surface area (Å²) in [6.07, 6.45) is 5.15. The summed E-state index contributed by atoms with van der Waals surface area (Å²) in [5.74, 6) is -0.402. The zero-order chi connectivity index (χ0) is 19.8. The number of carbonyl (C=O) groups excluding carboxylic acids is 2. The molecule has 0 saturated carbocycles. The van der Waals surface area contributed by atoms with E-state index in [9.17, 15) is 9.59 Å². The standard InChI is InChI=1S/C23H18N4O2/c28-21(26-15-6-5-11-24-12-15)14-27-22(17-8-1-2-9-18(17)23(27)29)19-13-25-20-10-4-3-7-16(19)20/h1-13,22,25H,14H2,(H,26,28)/t22-/m1/s1.